The molecular formula is C35H33NO4. The molecule has 0 atom stereocenters. The molecule has 5 nitrogen and oxygen atoms in total. The molecule has 0 aromatic heterocycles. The number of carbonyl (C=O) groups excluding carboxylic acids is 2. The highest BCUT2D eigenvalue weighted by Crippen LogP contribution is 2.45. The van der Waals surface area contributed by atoms with Gasteiger partial charge in [-0.05, 0) is 89.2 Å². The molecule has 1 heterocycles. The zero-order valence-electron chi connectivity index (χ0n) is 23.2. The van der Waals surface area contributed by atoms with E-state index in [4.69, 9.17) is 9.47 Å². The largest absolute Gasteiger partial charge is 0.462 e. The lowest BCUT2D eigenvalue weighted by molar-refractivity contribution is 0.0515. The quantitative estimate of drug-likeness (QED) is 0.226. The van der Waals surface area contributed by atoms with Crippen LogP contribution in [0.3, 0.4) is 0 Å². The molecule has 0 N–H and O–H groups in total. The first-order chi connectivity index (χ1) is 19.5. The van der Waals surface area contributed by atoms with E-state index in [9.17, 15) is 9.59 Å². The Labute approximate surface area is 235 Å². The summed E-state index contributed by atoms with van der Waals surface area (Å²) < 4.78 is 11.1. The van der Waals surface area contributed by atoms with E-state index in [2.05, 4.69) is 17.5 Å². The number of nitrogens with zero attached hydrogens (tertiary/aromatic N) is 1. The molecule has 5 rings (SSSR count). The van der Waals surface area contributed by atoms with Crippen molar-refractivity contribution in [1.82, 2.24) is 0 Å². The van der Waals surface area contributed by atoms with Gasteiger partial charge in [0.1, 0.15) is 0 Å². The summed E-state index contributed by atoms with van der Waals surface area (Å²) in [6.07, 6.45) is 5.78. The van der Waals surface area contributed by atoms with Gasteiger partial charge in [-0.1, -0.05) is 67.3 Å². The highest BCUT2D eigenvalue weighted by molar-refractivity contribution is 6.09. The van der Waals surface area contributed by atoms with Crippen LogP contribution in [0.4, 0.5) is 5.69 Å². The Kier molecular flexibility index (Phi) is 7.83. The summed E-state index contributed by atoms with van der Waals surface area (Å²) in [6.45, 7) is 11.2. The maximum atomic E-state index is 13.5. The van der Waals surface area contributed by atoms with Crippen LogP contribution in [0.2, 0.25) is 0 Å². The van der Waals surface area contributed by atoms with Crippen LogP contribution < -0.4 is 4.90 Å². The summed E-state index contributed by atoms with van der Waals surface area (Å²) in [5.41, 5.74) is 7.30. The van der Waals surface area contributed by atoms with Gasteiger partial charge in [0.25, 0.3) is 0 Å². The summed E-state index contributed by atoms with van der Waals surface area (Å²) in [5, 5.41) is 1.92. The van der Waals surface area contributed by atoms with E-state index in [1.54, 1.807) is 0 Å². The van der Waals surface area contributed by atoms with Crippen LogP contribution in [0.1, 0.15) is 63.7 Å². The number of rotatable bonds is 7. The molecule has 5 heteroatoms. The van der Waals surface area contributed by atoms with E-state index < -0.39 is 0 Å². The van der Waals surface area contributed by atoms with Gasteiger partial charge in [-0.2, -0.15) is 0 Å². The van der Waals surface area contributed by atoms with Crippen LogP contribution in [-0.2, 0) is 22.6 Å². The summed E-state index contributed by atoms with van der Waals surface area (Å²) in [5.74, 6) is -0.737. The maximum Gasteiger partial charge on any atom is 0.338 e. The van der Waals surface area contributed by atoms with Crippen molar-refractivity contribution in [2.45, 2.75) is 33.9 Å². The Bertz CT molecular complexity index is 1640. The van der Waals surface area contributed by atoms with Gasteiger partial charge in [0.15, 0.2) is 0 Å². The van der Waals surface area contributed by atoms with Crippen LogP contribution in [0.25, 0.3) is 34.1 Å². The third-order valence-corrected chi connectivity index (χ3v) is 7.27. The van der Waals surface area contributed by atoms with Crippen LogP contribution in [0, 0.1) is 0 Å². The van der Waals surface area contributed by atoms with E-state index >= 15 is 0 Å². The number of esters is 2. The molecule has 0 radical (unpaired) electrons. The minimum absolute atomic E-state index is 0.269. The van der Waals surface area contributed by atoms with Crippen molar-refractivity contribution >= 4 is 40.6 Å². The number of benzene rings is 4. The molecule has 1 aliphatic rings. The van der Waals surface area contributed by atoms with Crippen molar-refractivity contribution in [3.8, 4) is 11.1 Å². The molecule has 0 saturated heterocycles. The second kappa shape index (κ2) is 11.6. The number of carbonyl (C=O) groups is 2. The van der Waals surface area contributed by atoms with Gasteiger partial charge in [0.05, 0.1) is 24.3 Å². The predicted octanol–water partition coefficient (Wildman–Crippen LogP) is 8.06. The molecule has 202 valence electrons. The van der Waals surface area contributed by atoms with Gasteiger partial charge in [0, 0.05) is 18.8 Å². The monoisotopic (exact) mass is 531 g/mol. The number of allylic oxidation sites excluding steroid dienone is 1. The average Bonchev–Trinajstić information content (AvgIpc) is 3.15. The second-order valence-electron chi connectivity index (χ2n) is 9.62. The van der Waals surface area contributed by atoms with Gasteiger partial charge in [0.2, 0.25) is 0 Å². The van der Waals surface area contributed by atoms with Crippen molar-refractivity contribution < 1.29 is 19.1 Å². The normalized spacial score (nSPS) is 12.5. The lowest BCUT2D eigenvalue weighted by atomic mass is 9.82. The molecule has 0 bridgehead atoms. The Hall–Kier alpha value is -4.64. The lowest BCUT2D eigenvalue weighted by Crippen LogP contribution is -2.24. The van der Waals surface area contributed by atoms with Gasteiger partial charge >= 0.3 is 11.9 Å². The summed E-state index contributed by atoms with van der Waals surface area (Å²) >= 11 is 0. The smallest absolute Gasteiger partial charge is 0.338 e. The van der Waals surface area contributed by atoms with Crippen molar-refractivity contribution in [3.05, 3.63) is 113 Å². The van der Waals surface area contributed by atoms with Crippen LogP contribution in [-0.4, -0.2) is 25.2 Å². The predicted molar refractivity (Wildman–Crippen MR) is 162 cm³/mol. The zero-order chi connectivity index (χ0) is 28.2. The third-order valence-electron chi connectivity index (χ3n) is 7.27. The van der Waals surface area contributed by atoms with Gasteiger partial charge in [-0.25, -0.2) is 9.59 Å². The van der Waals surface area contributed by atoms with E-state index in [0.717, 1.165) is 49.8 Å². The molecule has 0 saturated carbocycles. The summed E-state index contributed by atoms with van der Waals surface area (Å²) in [7, 11) is 0. The van der Waals surface area contributed by atoms with Gasteiger partial charge < -0.3 is 14.4 Å². The summed E-state index contributed by atoms with van der Waals surface area (Å²) in [4.78, 5) is 29.2. The molecule has 4 aromatic rings. The zero-order valence-corrected chi connectivity index (χ0v) is 23.2. The molecular weight excluding hydrogens is 498 g/mol. The Morgan fingerprint density at radius 1 is 0.850 bits per heavy atom. The maximum absolute atomic E-state index is 13.5. The molecule has 0 aliphatic carbocycles. The van der Waals surface area contributed by atoms with E-state index in [1.165, 1.54) is 0 Å². The van der Waals surface area contributed by atoms with E-state index in [0.29, 0.717) is 24.2 Å². The molecule has 4 aromatic carbocycles. The Balaban J connectivity index is 1.99. The first-order valence-corrected chi connectivity index (χ1v) is 13.7. The second-order valence-corrected chi connectivity index (χ2v) is 9.62. The molecule has 0 unspecified atom stereocenters. The minimum atomic E-state index is -0.373. The number of hydrogen-bond donors (Lipinski definition) is 0. The van der Waals surface area contributed by atoms with Crippen molar-refractivity contribution in [1.29, 1.82) is 0 Å². The van der Waals surface area contributed by atoms with Crippen molar-refractivity contribution in [2.75, 3.05) is 18.1 Å². The fraction of sp³-hybridized carbons (Fsp3) is 0.200. The number of para-hydroxylation sites is 1. The molecule has 1 aliphatic heterocycles. The van der Waals surface area contributed by atoms with Crippen molar-refractivity contribution in [2.24, 2.45) is 0 Å². The summed E-state index contributed by atoms with van der Waals surface area (Å²) in [6, 6.07) is 21.9. The SMILES string of the molecule is C=Cc1c(/C=C\C)cc(C(=O)OCC)c2c1-c1c(c(C(=O)OCC)cc3ccccc13)CN(c1ccccc1)C2. The number of hydrogen-bond acceptors (Lipinski definition) is 5. The van der Waals surface area contributed by atoms with E-state index in [-0.39, 0.29) is 25.2 Å². The number of anilines is 1. The van der Waals surface area contributed by atoms with Gasteiger partial charge in [-0.15, -0.1) is 0 Å². The molecule has 40 heavy (non-hydrogen) atoms. The topological polar surface area (TPSA) is 55.8 Å². The number of fused-ring (bicyclic) bond motifs is 5. The first kappa shape index (κ1) is 26.9. The Morgan fingerprint density at radius 2 is 1.45 bits per heavy atom. The minimum Gasteiger partial charge on any atom is -0.462 e. The third kappa shape index (κ3) is 4.79. The van der Waals surface area contributed by atoms with Crippen LogP contribution in [0.15, 0.2) is 79.4 Å². The van der Waals surface area contributed by atoms with Crippen LogP contribution in [0.5, 0.6) is 0 Å². The highest BCUT2D eigenvalue weighted by atomic mass is 16.5. The van der Waals surface area contributed by atoms with Crippen molar-refractivity contribution in [3.63, 3.8) is 0 Å². The molecule has 0 fully saturated rings. The van der Waals surface area contributed by atoms with Crippen LogP contribution >= 0.6 is 0 Å². The van der Waals surface area contributed by atoms with E-state index in [1.807, 2.05) is 99.7 Å². The molecule has 0 spiro atoms. The standard InChI is InChI=1S/C35H33NO4/c1-5-14-23-19-28(34(37)39-7-3)30-21-36(25-16-10-9-11-17-25)22-31-29(35(38)40-8-4)20-24-15-12-13-18-27(24)33(31)32(30)26(23)6-2/h5-6,9-20H,2,7-8,21-22H2,1,3-4H3/b14-5-. The van der Waals surface area contributed by atoms with Gasteiger partial charge in [-0.3, -0.25) is 0 Å². The average molecular weight is 532 g/mol. The fourth-order valence-corrected chi connectivity index (χ4v) is 5.63. The molecule has 0 amide bonds. The number of ether oxygens (including phenoxy) is 2. The highest BCUT2D eigenvalue weighted by Gasteiger charge is 2.32. The fourth-order valence-electron chi connectivity index (χ4n) is 5.63. The lowest BCUT2D eigenvalue weighted by Gasteiger charge is -2.25. The first-order valence-electron chi connectivity index (χ1n) is 13.7. The Morgan fingerprint density at radius 3 is 2.08 bits per heavy atom.